The molecule has 0 amide bonds. The number of benzene rings is 2. The Hall–Kier alpha value is -1.87. The largest absolute Gasteiger partial charge is 0.387 e. The predicted octanol–water partition coefficient (Wildman–Crippen LogP) is 3.84. The fourth-order valence-corrected chi connectivity index (χ4v) is 2.20. The fourth-order valence-electron chi connectivity index (χ4n) is 2.20. The van der Waals surface area contributed by atoms with Crippen molar-refractivity contribution in [2.24, 2.45) is 0 Å². The molecule has 0 bridgehead atoms. The van der Waals surface area contributed by atoms with E-state index in [1.54, 1.807) is 19.1 Å². The number of aliphatic hydroxyl groups excluding tert-OH is 1. The zero-order chi connectivity index (χ0) is 14.5. The van der Waals surface area contributed by atoms with Gasteiger partial charge in [0.15, 0.2) is 0 Å². The van der Waals surface area contributed by atoms with E-state index in [-0.39, 0.29) is 5.82 Å². The van der Waals surface area contributed by atoms with Gasteiger partial charge in [-0.3, -0.25) is 0 Å². The van der Waals surface area contributed by atoms with Gasteiger partial charge in [-0.1, -0.05) is 37.3 Å². The second kappa shape index (κ2) is 6.53. The van der Waals surface area contributed by atoms with Crippen molar-refractivity contribution in [3.63, 3.8) is 0 Å². The van der Waals surface area contributed by atoms with Crippen LogP contribution < -0.4 is 5.32 Å². The van der Waals surface area contributed by atoms with Crippen LogP contribution in [0.3, 0.4) is 0 Å². The summed E-state index contributed by atoms with van der Waals surface area (Å²) < 4.78 is 13.2. The summed E-state index contributed by atoms with van der Waals surface area (Å²) in [6.45, 7) is 4.20. The van der Waals surface area contributed by atoms with E-state index in [1.165, 1.54) is 11.6 Å². The number of para-hydroxylation sites is 1. The van der Waals surface area contributed by atoms with Crippen molar-refractivity contribution in [1.29, 1.82) is 0 Å². The highest BCUT2D eigenvalue weighted by Gasteiger charge is 2.10. The topological polar surface area (TPSA) is 32.3 Å². The van der Waals surface area contributed by atoms with Crippen LogP contribution in [0, 0.1) is 12.7 Å². The molecule has 2 nitrogen and oxygen atoms in total. The maximum Gasteiger partial charge on any atom is 0.126 e. The molecule has 0 spiro atoms. The minimum Gasteiger partial charge on any atom is -0.387 e. The highest BCUT2D eigenvalue weighted by atomic mass is 19.1. The van der Waals surface area contributed by atoms with Crippen molar-refractivity contribution in [3.05, 3.63) is 65.0 Å². The third kappa shape index (κ3) is 3.36. The van der Waals surface area contributed by atoms with Crippen LogP contribution in [-0.2, 0) is 6.42 Å². The molecule has 0 aromatic heterocycles. The Kier molecular flexibility index (Phi) is 4.74. The first-order valence-corrected chi connectivity index (χ1v) is 6.87. The van der Waals surface area contributed by atoms with Gasteiger partial charge in [-0.25, -0.2) is 4.39 Å². The van der Waals surface area contributed by atoms with E-state index < -0.39 is 6.10 Å². The standard InChI is InChI=1S/C17H20FNO/c1-3-13-6-4-5-7-16(13)19-11-17(20)14-8-9-15(18)12(2)10-14/h4-10,17,19-20H,3,11H2,1-2H3. The molecule has 0 heterocycles. The number of aryl methyl sites for hydroxylation is 2. The molecule has 0 aliphatic rings. The lowest BCUT2D eigenvalue weighted by molar-refractivity contribution is 0.191. The van der Waals surface area contributed by atoms with Crippen molar-refractivity contribution in [2.75, 3.05) is 11.9 Å². The van der Waals surface area contributed by atoms with Crippen LogP contribution in [0.2, 0.25) is 0 Å². The fraction of sp³-hybridized carbons (Fsp3) is 0.294. The maximum atomic E-state index is 13.2. The van der Waals surface area contributed by atoms with Crippen molar-refractivity contribution >= 4 is 5.69 Å². The molecular formula is C17H20FNO. The first kappa shape index (κ1) is 14.5. The van der Waals surface area contributed by atoms with Gasteiger partial charge < -0.3 is 10.4 Å². The number of hydrogen-bond acceptors (Lipinski definition) is 2. The summed E-state index contributed by atoms with van der Waals surface area (Å²) in [5, 5.41) is 13.4. The molecule has 0 radical (unpaired) electrons. The first-order chi connectivity index (χ1) is 9.61. The third-order valence-corrected chi connectivity index (χ3v) is 3.45. The monoisotopic (exact) mass is 273 g/mol. The molecule has 0 saturated heterocycles. The smallest absolute Gasteiger partial charge is 0.126 e. The Morgan fingerprint density at radius 1 is 1.20 bits per heavy atom. The molecule has 2 rings (SSSR count). The number of rotatable bonds is 5. The minimum absolute atomic E-state index is 0.245. The van der Waals surface area contributed by atoms with Gasteiger partial charge in [0.25, 0.3) is 0 Å². The quantitative estimate of drug-likeness (QED) is 0.867. The van der Waals surface area contributed by atoms with E-state index in [9.17, 15) is 9.50 Å². The van der Waals surface area contributed by atoms with Crippen LogP contribution in [0.25, 0.3) is 0 Å². The van der Waals surface area contributed by atoms with E-state index in [0.717, 1.165) is 17.7 Å². The molecule has 1 atom stereocenters. The van der Waals surface area contributed by atoms with Crippen LogP contribution in [0.15, 0.2) is 42.5 Å². The molecular weight excluding hydrogens is 253 g/mol. The maximum absolute atomic E-state index is 13.2. The Morgan fingerprint density at radius 2 is 1.95 bits per heavy atom. The van der Waals surface area contributed by atoms with Gasteiger partial charge in [-0.15, -0.1) is 0 Å². The van der Waals surface area contributed by atoms with Crippen LogP contribution in [0.5, 0.6) is 0 Å². The second-order valence-corrected chi connectivity index (χ2v) is 4.92. The molecule has 2 aromatic rings. The van der Waals surface area contributed by atoms with Gasteiger partial charge in [0.05, 0.1) is 6.10 Å². The SMILES string of the molecule is CCc1ccccc1NCC(O)c1ccc(F)c(C)c1. The Balaban J connectivity index is 2.04. The molecule has 0 fully saturated rings. The van der Waals surface area contributed by atoms with E-state index in [4.69, 9.17) is 0 Å². The lowest BCUT2D eigenvalue weighted by Gasteiger charge is -2.16. The van der Waals surface area contributed by atoms with Gasteiger partial charge >= 0.3 is 0 Å². The molecule has 3 heteroatoms. The molecule has 2 aromatic carbocycles. The Bertz CT molecular complexity index is 583. The van der Waals surface area contributed by atoms with E-state index in [0.29, 0.717) is 12.1 Å². The van der Waals surface area contributed by atoms with Gasteiger partial charge in [-0.2, -0.15) is 0 Å². The average Bonchev–Trinajstić information content (AvgIpc) is 2.47. The second-order valence-electron chi connectivity index (χ2n) is 4.92. The summed E-state index contributed by atoms with van der Waals surface area (Å²) in [5.41, 5.74) is 3.53. The summed E-state index contributed by atoms with van der Waals surface area (Å²) in [6, 6.07) is 12.7. The predicted molar refractivity (Wildman–Crippen MR) is 80.4 cm³/mol. The summed E-state index contributed by atoms with van der Waals surface area (Å²) in [7, 11) is 0. The van der Waals surface area contributed by atoms with Crippen LogP contribution in [-0.4, -0.2) is 11.7 Å². The van der Waals surface area contributed by atoms with Crippen molar-refractivity contribution in [2.45, 2.75) is 26.4 Å². The van der Waals surface area contributed by atoms with Gasteiger partial charge in [0.1, 0.15) is 5.82 Å². The zero-order valence-corrected chi connectivity index (χ0v) is 11.9. The van der Waals surface area contributed by atoms with Crippen LogP contribution in [0.1, 0.15) is 29.7 Å². The van der Waals surface area contributed by atoms with Crippen molar-refractivity contribution in [3.8, 4) is 0 Å². The summed E-state index contributed by atoms with van der Waals surface area (Å²) >= 11 is 0. The van der Waals surface area contributed by atoms with Gasteiger partial charge in [-0.05, 0) is 42.2 Å². The molecule has 106 valence electrons. The molecule has 1 unspecified atom stereocenters. The minimum atomic E-state index is -0.654. The van der Waals surface area contributed by atoms with E-state index in [2.05, 4.69) is 18.3 Å². The average molecular weight is 273 g/mol. The van der Waals surface area contributed by atoms with Crippen molar-refractivity contribution < 1.29 is 9.50 Å². The normalized spacial score (nSPS) is 12.2. The summed E-state index contributed by atoms with van der Waals surface area (Å²) in [5.74, 6) is -0.245. The molecule has 0 saturated carbocycles. The van der Waals surface area contributed by atoms with Gasteiger partial charge in [0.2, 0.25) is 0 Å². The van der Waals surface area contributed by atoms with E-state index >= 15 is 0 Å². The molecule has 0 aliphatic heterocycles. The molecule has 0 aliphatic carbocycles. The number of hydrogen-bond donors (Lipinski definition) is 2. The summed E-state index contributed by atoms with van der Waals surface area (Å²) in [6.07, 6.45) is 0.286. The lowest BCUT2D eigenvalue weighted by atomic mass is 10.1. The highest BCUT2D eigenvalue weighted by molar-refractivity contribution is 5.51. The highest BCUT2D eigenvalue weighted by Crippen LogP contribution is 2.20. The third-order valence-electron chi connectivity index (χ3n) is 3.45. The lowest BCUT2D eigenvalue weighted by Crippen LogP contribution is -2.13. The number of anilines is 1. The Labute approximate surface area is 119 Å². The van der Waals surface area contributed by atoms with E-state index in [1.807, 2.05) is 18.2 Å². The number of nitrogens with one attached hydrogen (secondary N) is 1. The van der Waals surface area contributed by atoms with Crippen LogP contribution in [0.4, 0.5) is 10.1 Å². The number of aliphatic hydroxyl groups is 1. The van der Waals surface area contributed by atoms with Crippen LogP contribution >= 0.6 is 0 Å². The van der Waals surface area contributed by atoms with Gasteiger partial charge in [0, 0.05) is 12.2 Å². The Morgan fingerprint density at radius 3 is 2.65 bits per heavy atom. The molecule has 20 heavy (non-hydrogen) atoms. The number of halogens is 1. The van der Waals surface area contributed by atoms with Crippen molar-refractivity contribution in [1.82, 2.24) is 0 Å². The first-order valence-electron chi connectivity index (χ1n) is 6.87. The summed E-state index contributed by atoms with van der Waals surface area (Å²) in [4.78, 5) is 0. The zero-order valence-electron chi connectivity index (χ0n) is 11.9. The molecule has 2 N–H and O–H groups in total.